The van der Waals surface area contributed by atoms with E-state index in [1.54, 1.807) is 12.1 Å². The molecule has 0 saturated heterocycles. The number of aryl methyl sites for hydroxylation is 1. The number of alkyl halides is 3. The second kappa shape index (κ2) is 8.84. The highest BCUT2D eigenvalue weighted by Gasteiger charge is 2.35. The monoisotopic (exact) mass is 476 g/mol. The molecule has 1 unspecified atom stereocenters. The average molecular weight is 477 g/mol. The Hall–Kier alpha value is -2.04. The SMILES string of the molecule is CS(=O)(=O)CCCn1c(CC2(N)CN=CC=C2NCC(F)(F)F)cc2cc(Cl)ccc21. The summed E-state index contributed by atoms with van der Waals surface area (Å²) in [5.74, 6) is 0.0239. The molecule has 3 N–H and O–H groups in total. The van der Waals surface area contributed by atoms with Crippen molar-refractivity contribution in [2.45, 2.75) is 31.1 Å². The fourth-order valence-corrected chi connectivity index (χ4v) is 4.53. The third-order valence-electron chi connectivity index (χ3n) is 5.08. The number of allylic oxidation sites excluding steroid dienone is 1. The number of dihydropyridines is 1. The molecule has 0 saturated carbocycles. The molecule has 2 aromatic rings. The lowest BCUT2D eigenvalue weighted by molar-refractivity contribution is -0.123. The van der Waals surface area contributed by atoms with Crippen LogP contribution in [0.1, 0.15) is 12.1 Å². The van der Waals surface area contributed by atoms with Gasteiger partial charge in [-0.05, 0) is 36.8 Å². The summed E-state index contributed by atoms with van der Waals surface area (Å²) in [6.45, 7) is -0.657. The highest BCUT2D eigenvalue weighted by atomic mass is 35.5. The van der Waals surface area contributed by atoms with Gasteiger partial charge in [0.2, 0.25) is 0 Å². The van der Waals surface area contributed by atoms with Crippen molar-refractivity contribution in [2.24, 2.45) is 10.7 Å². The summed E-state index contributed by atoms with van der Waals surface area (Å²) < 4.78 is 63.3. The molecule has 1 aliphatic heterocycles. The van der Waals surface area contributed by atoms with E-state index in [9.17, 15) is 21.6 Å². The number of rotatable bonds is 8. The Balaban J connectivity index is 1.92. The van der Waals surface area contributed by atoms with E-state index in [1.807, 2.05) is 16.7 Å². The molecule has 1 aromatic heterocycles. The van der Waals surface area contributed by atoms with Gasteiger partial charge in [0.25, 0.3) is 0 Å². The molecule has 6 nitrogen and oxygen atoms in total. The van der Waals surface area contributed by atoms with E-state index < -0.39 is 28.1 Å². The van der Waals surface area contributed by atoms with Crippen LogP contribution in [0.25, 0.3) is 10.9 Å². The van der Waals surface area contributed by atoms with Gasteiger partial charge in [-0.15, -0.1) is 0 Å². The van der Waals surface area contributed by atoms with Crippen molar-refractivity contribution in [3.05, 3.63) is 46.8 Å². The molecule has 2 heterocycles. The van der Waals surface area contributed by atoms with Crippen LogP contribution in [-0.4, -0.2) is 56.0 Å². The Morgan fingerprint density at radius 3 is 2.74 bits per heavy atom. The van der Waals surface area contributed by atoms with Crippen molar-refractivity contribution in [1.29, 1.82) is 0 Å². The van der Waals surface area contributed by atoms with E-state index in [4.69, 9.17) is 17.3 Å². The number of aromatic nitrogens is 1. The minimum Gasteiger partial charge on any atom is -0.378 e. The molecule has 31 heavy (non-hydrogen) atoms. The first kappa shape index (κ1) is 23.6. The summed E-state index contributed by atoms with van der Waals surface area (Å²) >= 11 is 6.11. The number of nitrogens with zero attached hydrogens (tertiary/aromatic N) is 2. The fraction of sp³-hybridized carbons (Fsp3) is 0.450. The first-order valence-corrected chi connectivity index (χ1v) is 12.1. The molecule has 0 radical (unpaired) electrons. The van der Waals surface area contributed by atoms with Crippen LogP contribution in [0.4, 0.5) is 13.2 Å². The third-order valence-corrected chi connectivity index (χ3v) is 6.34. The Labute approximate surface area is 183 Å². The standard InChI is InChI=1S/C20H24ClF3N4O2S/c1-31(29,30)8-2-7-28-16(10-14-9-15(21)3-4-17(14)28)11-19(25)12-26-6-5-18(19)27-13-20(22,23)24/h3-6,9-10,27H,2,7-8,11-13,25H2,1H3. The van der Waals surface area contributed by atoms with Crippen LogP contribution in [0.5, 0.6) is 0 Å². The quantitative estimate of drug-likeness (QED) is 0.612. The number of halogens is 4. The minimum atomic E-state index is -4.38. The maximum atomic E-state index is 12.7. The minimum absolute atomic E-state index is 0.0239. The molecular weight excluding hydrogens is 453 g/mol. The molecule has 3 rings (SSSR count). The predicted molar refractivity (Wildman–Crippen MR) is 117 cm³/mol. The third kappa shape index (κ3) is 6.24. The first-order chi connectivity index (χ1) is 14.4. The van der Waals surface area contributed by atoms with Gasteiger partial charge in [0, 0.05) is 52.8 Å². The second-order valence-electron chi connectivity index (χ2n) is 7.85. The van der Waals surface area contributed by atoms with E-state index in [0.29, 0.717) is 18.0 Å². The van der Waals surface area contributed by atoms with E-state index in [-0.39, 0.29) is 24.4 Å². The van der Waals surface area contributed by atoms with Gasteiger partial charge in [-0.2, -0.15) is 13.2 Å². The van der Waals surface area contributed by atoms with Crippen LogP contribution in [0.15, 0.2) is 41.0 Å². The highest BCUT2D eigenvalue weighted by molar-refractivity contribution is 7.90. The van der Waals surface area contributed by atoms with E-state index >= 15 is 0 Å². The van der Waals surface area contributed by atoms with Gasteiger partial charge in [0.15, 0.2) is 0 Å². The lowest BCUT2D eigenvalue weighted by Gasteiger charge is -2.34. The van der Waals surface area contributed by atoms with E-state index in [2.05, 4.69) is 10.3 Å². The zero-order valence-corrected chi connectivity index (χ0v) is 18.5. The largest absolute Gasteiger partial charge is 0.405 e. The van der Waals surface area contributed by atoms with Gasteiger partial charge < -0.3 is 15.6 Å². The maximum absolute atomic E-state index is 12.7. The van der Waals surface area contributed by atoms with E-state index in [1.165, 1.54) is 18.5 Å². The van der Waals surface area contributed by atoms with Gasteiger partial charge in [0.05, 0.1) is 17.8 Å². The van der Waals surface area contributed by atoms with Crippen molar-refractivity contribution < 1.29 is 21.6 Å². The number of hydrogen-bond acceptors (Lipinski definition) is 5. The first-order valence-electron chi connectivity index (χ1n) is 9.62. The molecule has 0 bridgehead atoms. The Morgan fingerprint density at radius 1 is 1.32 bits per heavy atom. The lowest BCUT2D eigenvalue weighted by Crippen LogP contribution is -2.53. The summed E-state index contributed by atoms with van der Waals surface area (Å²) in [5, 5.41) is 3.80. The zero-order valence-electron chi connectivity index (χ0n) is 16.9. The molecule has 0 fully saturated rings. The molecule has 170 valence electrons. The van der Waals surface area contributed by atoms with Crippen LogP contribution in [0, 0.1) is 0 Å². The Morgan fingerprint density at radius 2 is 2.06 bits per heavy atom. The fourth-order valence-electron chi connectivity index (χ4n) is 3.69. The van der Waals surface area contributed by atoms with Crippen molar-refractivity contribution in [2.75, 3.05) is 25.1 Å². The number of hydrogen-bond donors (Lipinski definition) is 2. The van der Waals surface area contributed by atoms with Crippen molar-refractivity contribution in [1.82, 2.24) is 9.88 Å². The summed E-state index contributed by atoms with van der Waals surface area (Å²) in [4.78, 5) is 4.16. The van der Waals surface area contributed by atoms with Gasteiger partial charge in [-0.1, -0.05) is 11.6 Å². The lowest BCUT2D eigenvalue weighted by atomic mass is 9.88. The predicted octanol–water partition coefficient (Wildman–Crippen LogP) is 3.09. The maximum Gasteiger partial charge on any atom is 0.405 e. The summed E-state index contributed by atoms with van der Waals surface area (Å²) in [6, 6.07) is 7.24. The summed E-state index contributed by atoms with van der Waals surface area (Å²) in [5.41, 5.74) is 7.25. The molecule has 1 aromatic carbocycles. The topological polar surface area (TPSA) is 89.5 Å². The van der Waals surface area contributed by atoms with Crippen molar-refractivity contribution in [3.63, 3.8) is 0 Å². The Kier molecular flexibility index (Phi) is 6.73. The van der Waals surface area contributed by atoms with Crippen molar-refractivity contribution in [3.8, 4) is 0 Å². The van der Waals surface area contributed by atoms with Gasteiger partial charge >= 0.3 is 6.18 Å². The van der Waals surface area contributed by atoms with Gasteiger partial charge in [-0.25, -0.2) is 8.42 Å². The molecule has 11 heteroatoms. The van der Waals surface area contributed by atoms with Crippen LogP contribution in [0.3, 0.4) is 0 Å². The molecule has 0 amide bonds. The number of nitrogens with one attached hydrogen (secondary N) is 1. The molecule has 1 aliphatic rings. The zero-order chi connectivity index (χ0) is 22.9. The Bertz CT molecular complexity index is 1130. The molecule has 0 aliphatic carbocycles. The van der Waals surface area contributed by atoms with Crippen LogP contribution < -0.4 is 11.1 Å². The van der Waals surface area contributed by atoms with Gasteiger partial charge in [0.1, 0.15) is 16.4 Å². The van der Waals surface area contributed by atoms with Crippen LogP contribution in [0.2, 0.25) is 5.02 Å². The van der Waals surface area contributed by atoms with Gasteiger partial charge in [-0.3, -0.25) is 4.99 Å². The number of aliphatic imine (C=N–C) groups is 1. The summed E-state index contributed by atoms with van der Waals surface area (Å²) in [6.07, 6.45) is 0.302. The number of fused-ring (bicyclic) bond motifs is 1. The van der Waals surface area contributed by atoms with Crippen LogP contribution in [-0.2, 0) is 22.8 Å². The smallest absolute Gasteiger partial charge is 0.378 e. The van der Waals surface area contributed by atoms with E-state index in [0.717, 1.165) is 16.6 Å². The normalized spacial score (nSPS) is 19.6. The number of nitrogens with two attached hydrogens (primary N) is 1. The molecular formula is C20H24ClF3N4O2S. The molecule has 0 spiro atoms. The molecule has 1 atom stereocenters. The highest BCUT2D eigenvalue weighted by Crippen LogP contribution is 2.29. The van der Waals surface area contributed by atoms with Crippen molar-refractivity contribution >= 4 is 38.6 Å². The summed E-state index contributed by atoms with van der Waals surface area (Å²) in [7, 11) is -3.12. The average Bonchev–Trinajstić information content (AvgIpc) is 2.95. The second-order valence-corrected chi connectivity index (χ2v) is 10.5. The number of sulfone groups is 1. The number of benzene rings is 1. The van der Waals surface area contributed by atoms with Crippen LogP contribution >= 0.6 is 11.6 Å².